The minimum atomic E-state index is -1.03. The summed E-state index contributed by atoms with van der Waals surface area (Å²) in [6, 6.07) is 0.492. The van der Waals surface area contributed by atoms with Gasteiger partial charge in [-0.15, -0.1) is 0 Å². The summed E-state index contributed by atoms with van der Waals surface area (Å²) < 4.78 is 37.8. The first-order valence-electron chi connectivity index (χ1n) is 8.41. The lowest BCUT2D eigenvalue weighted by Gasteiger charge is -2.28. The van der Waals surface area contributed by atoms with Gasteiger partial charge in [-0.1, -0.05) is 0 Å². The van der Waals surface area contributed by atoms with Gasteiger partial charge in [0.05, 0.1) is 18.4 Å². The Hall–Kier alpha value is -2.71. The second-order valence-electron chi connectivity index (χ2n) is 7.12. The number of likely N-dealkylation sites (tertiary alicyclic amines) is 1. The molecular formula is C18H22F2N2O5. The van der Waals surface area contributed by atoms with Crippen LogP contribution < -0.4 is 5.32 Å². The molecule has 0 aliphatic carbocycles. The third kappa shape index (κ3) is 4.93. The van der Waals surface area contributed by atoms with Crippen molar-refractivity contribution in [2.45, 2.75) is 45.3 Å². The molecular weight excluding hydrogens is 362 g/mol. The van der Waals surface area contributed by atoms with Crippen molar-refractivity contribution >= 4 is 23.7 Å². The molecule has 0 bridgehead atoms. The fraction of sp³-hybridized carbons (Fsp3) is 0.500. The van der Waals surface area contributed by atoms with Crippen LogP contribution in [0.15, 0.2) is 12.1 Å². The molecule has 1 aromatic carbocycles. The van der Waals surface area contributed by atoms with Crippen LogP contribution in [0.4, 0.5) is 19.3 Å². The summed E-state index contributed by atoms with van der Waals surface area (Å²) in [5.41, 5.74) is -1.73. The second-order valence-corrected chi connectivity index (χ2v) is 7.12. The molecule has 1 aromatic rings. The largest absolute Gasteiger partial charge is 0.465 e. The number of methoxy groups -OCH3 is 1. The highest BCUT2D eigenvalue weighted by Crippen LogP contribution is 2.24. The second kappa shape index (κ2) is 7.89. The Labute approximate surface area is 155 Å². The molecule has 0 aromatic heterocycles. The summed E-state index contributed by atoms with van der Waals surface area (Å²) in [6.45, 7) is 5.44. The molecule has 1 aliphatic heterocycles. The van der Waals surface area contributed by atoms with Crippen LogP contribution in [0, 0.1) is 11.6 Å². The van der Waals surface area contributed by atoms with Gasteiger partial charge in [-0.2, -0.15) is 0 Å². The van der Waals surface area contributed by atoms with E-state index in [0.29, 0.717) is 31.5 Å². The smallest absolute Gasteiger partial charge is 0.410 e. The number of esters is 1. The molecule has 1 heterocycles. The number of benzene rings is 1. The minimum Gasteiger partial charge on any atom is -0.465 e. The molecule has 2 amide bonds. The van der Waals surface area contributed by atoms with Crippen LogP contribution in [-0.4, -0.2) is 48.2 Å². The number of nitrogens with zero attached hydrogens (tertiary/aromatic N) is 1. The Morgan fingerprint density at radius 2 is 1.85 bits per heavy atom. The number of halogens is 2. The van der Waals surface area contributed by atoms with E-state index in [1.165, 1.54) is 4.90 Å². The van der Waals surface area contributed by atoms with Crippen LogP contribution in [0.1, 0.15) is 44.0 Å². The molecule has 1 fully saturated rings. The lowest BCUT2D eigenvalue weighted by molar-refractivity contribution is -0.120. The molecule has 1 atom stereocenters. The summed E-state index contributed by atoms with van der Waals surface area (Å²) >= 11 is 0. The van der Waals surface area contributed by atoms with Crippen LogP contribution >= 0.6 is 0 Å². The first kappa shape index (κ1) is 20.6. The van der Waals surface area contributed by atoms with E-state index in [4.69, 9.17) is 4.74 Å². The van der Waals surface area contributed by atoms with Crippen molar-refractivity contribution in [1.29, 1.82) is 0 Å². The first-order chi connectivity index (χ1) is 12.5. The third-order valence-electron chi connectivity index (χ3n) is 3.90. The van der Waals surface area contributed by atoms with Gasteiger partial charge < -0.3 is 14.8 Å². The maximum Gasteiger partial charge on any atom is 0.410 e. The Morgan fingerprint density at radius 3 is 2.44 bits per heavy atom. The highest BCUT2D eigenvalue weighted by molar-refractivity contribution is 5.97. The Kier molecular flexibility index (Phi) is 6.02. The predicted octanol–water partition coefficient (Wildman–Crippen LogP) is 3.09. The van der Waals surface area contributed by atoms with Crippen LogP contribution in [0.3, 0.4) is 0 Å². The fourth-order valence-electron chi connectivity index (χ4n) is 2.70. The van der Waals surface area contributed by atoms with Gasteiger partial charge in [0.15, 0.2) is 0 Å². The van der Waals surface area contributed by atoms with E-state index >= 15 is 0 Å². The molecule has 148 valence electrons. The van der Waals surface area contributed by atoms with Crippen molar-refractivity contribution < 1.29 is 32.6 Å². The van der Waals surface area contributed by atoms with E-state index in [1.807, 2.05) is 0 Å². The number of ether oxygens (including phenoxy) is 2. The summed E-state index contributed by atoms with van der Waals surface area (Å²) in [7, 11) is 1.04. The van der Waals surface area contributed by atoms with Gasteiger partial charge in [0, 0.05) is 12.6 Å². The molecule has 1 aliphatic rings. The summed E-state index contributed by atoms with van der Waals surface area (Å²) in [4.78, 5) is 37.4. The monoisotopic (exact) mass is 384 g/mol. The molecule has 1 unspecified atom stereocenters. The van der Waals surface area contributed by atoms with E-state index in [0.717, 1.165) is 7.11 Å². The number of hydrogen-bond donors (Lipinski definition) is 1. The first-order valence-corrected chi connectivity index (χ1v) is 8.41. The van der Waals surface area contributed by atoms with Gasteiger partial charge in [0.25, 0.3) is 0 Å². The van der Waals surface area contributed by atoms with Gasteiger partial charge in [-0.25, -0.2) is 18.4 Å². The van der Waals surface area contributed by atoms with Gasteiger partial charge >= 0.3 is 12.1 Å². The molecule has 1 saturated heterocycles. The Morgan fingerprint density at radius 1 is 1.19 bits per heavy atom. The number of hydrogen-bond acceptors (Lipinski definition) is 5. The third-order valence-corrected chi connectivity index (χ3v) is 3.90. The van der Waals surface area contributed by atoms with Crippen molar-refractivity contribution in [1.82, 2.24) is 4.90 Å². The molecule has 9 heteroatoms. The SMILES string of the molecule is COC(=O)c1cc(F)c(NC(=O)C2CCCN2C(=O)OC(C)(C)C)cc1F. The van der Waals surface area contributed by atoms with Crippen molar-refractivity contribution in [3.05, 3.63) is 29.3 Å². The van der Waals surface area contributed by atoms with Gasteiger partial charge in [0.2, 0.25) is 5.91 Å². The van der Waals surface area contributed by atoms with Crippen LogP contribution in [0.5, 0.6) is 0 Å². The Balaban J connectivity index is 2.15. The Bertz CT molecular complexity index is 761. The van der Waals surface area contributed by atoms with Crippen molar-refractivity contribution in [3.8, 4) is 0 Å². The standard InChI is InChI=1S/C18H22F2N2O5/c1-18(2,3)27-17(25)22-7-5-6-14(22)15(23)21-13-9-11(19)10(8-12(13)20)16(24)26-4/h8-9,14H,5-7H2,1-4H3,(H,21,23). The average Bonchev–Trinajstić information content (AvgIpc) is 3.05. The number of carbonyl (C=O) groups is 3. The molecule has 0 radical (unpaired) electrons. The maximum atomic E-state index is 14.2. The number of anilines is 1. The van der Waals surface area contributed by atoms with Gasteiger partial charge in [-0.05, 0) is 39.7 Å². The molecule has 0 saturated carbocycles. The molecule has 27 heavy (non-hydrogen) atoms. The lowest BCUT2D eigenvalue weighted by atomic mass is 10.1. The number of carbonyl (C=O) groups excluding carboxylic acids is 3. The van der Waals surface area contributed by atoms with E-state index in [-0.39, 0.29) is 0 Å². The number of nitrogens with one attached hydrogen (secondary N) is 1. The summed E-state index contributed by atoms with van der Waals surface area (Å²) in [6.07, 6.45) is 0.304. The predicted molar refractivity (Wildman–Crippen MR) is 92.3 cm³/mol. The van der Waals surface area contributed by atoms with E-state index in [9.17, 15) is 23.2 Å². The van der Waals surface area contributed by atoms with Gasteiger partial charge in [-0.3, -0.25) is 9.69 Å². The summed E-state index contributed by atoms with van der Waals surface area (Å²) in [5.74, 6) is -3.72. The van der Waals surface area contributed by atoms with Gasteiger partial charge in [0.1, 0.15) is 23.3 Å². The minimum absolute atomic E-state index is 0.325. The lowest BCUT2D eigenvalue weighted by Crippen LogP contribution is -2.45. The quantitative estimate of drug-likeness (QED) is 0.810. The van der Waals surface area contributed by atoms with E-state index in [2.05, 4.69) is 10.1 Å². The molecule has 1 N–H and O–H groups in total. The maximum absolute atomic E-state index is 14.2. The number of rotatable bonds is 3. The molecule has 7 nitrogen and oxygen atoms in total. The highest BCUT2D eigenvalue weighted by atomic mass is 19.1. The van der Waals surface area contributed by atoms with Crippen molar-refractivity contribution in [3.63, 3.8) is 0 Å². The van der Waals surface area contributed by atoms with Crippen molar-refractivity contribution in [2.75, 3.05) is 19.0 Å². The normalized spacial score (nSPS) is 16.8. The molecule has 0 spiro atoms. The average molecular weight is 384 g/mol. The van der Waals surface area contributed by atoms with E-state index < -0.39 is 52.5 Å². The van der Waals surface area contributed by atoms with Crippen LogP contribution in [0.2, 0.25) is 0 Å². The fourth-order valence-corrected chi connectivity index (χ4v) is 2.70. The topological polar surface area (TPSA) is 84.9 Å². The van der Waals surface area contributed by atoms with Crippen LogP contribution in [-0.2, 0) is 14.3 Å². The van der Waals surface area contributed by atoms with E-state index in [1.54, 1.807) is 20.8 Å². The highest BCUT2D eigenvalue weighted by Gasteiger charge is 2.37. The van der Waals surface area contributed by atoms with Crippen LogP contribution in [0.25, 0.3) is 0 Å². The zero-order valence-corrected chi connectivity index (χ0v) is 15.6. The molecule has 2 rings (SSSR count). The number of amides is 2. The van der Waals surface area contributed by atoms with Crippen molar-refractivity contribution in [2.24, 2.45) is 0 Å². The zero-order valence-electron chi connectivity index (χ0n) is 15.6. The summed E-state index contributed by atoms with van der Waals surface area (Å²) in [5, 5.41) is 2.27. The zero-order chi connectivity index (χ0) is 20.4.